The zero-order chi connectivity index (χ0) is 17.5. The van der Waals surface area contributed by atoms with Crippen molar-refractivity contribution in [3.05, 3.63) is 29.8 Å². The van der Waals surface area contributed by atoms with Gasteiger partial charge in [-0.1, -0.05) is 26.0 Å². The number of benzene rings is 1. The second-order valence-corrected chi connectivity index (χ2v) is 6.72. The van der Waals surface area contributed by atoms with Gasteiger partial charge in [0.15, 0.2) is 0 Å². The Kier molecular flexibility index (Phi) is 7.47. The lowest BCUT2D eigenvalue weighted by Gasteiger charge is -2.20. The van der Waals surface area contributed by atoms with Crippen molar-refractivity contribution in [3.63, 3.8) is 0 Å². The van der Waals surface area contributed by atoms with Gasteiger partial charge < -0.3 is 10.5 Å². The second-order valence-electron chi connectivity index (χ2n) is 5.31. The third-order valence-corrected chi connectivity index (χ3v) is 4.55. The van der Waals surface area contributed by atoms with Gasteiger partial charge in [-0.25, -0.2) is 0 Å². The summed E-state index contributed by atoms with van der Waals surface area (Å²) in [6.45, 7) is 3.60. The first-order chi connectivity index (χ1) is 10.7. The van der Waals surface area contributed by atoms with Crippen LogP contribution in [-0.4, -0.2) is 42.9 Å². The van der Waals surface area contributed by atoms with Crippen LogP contribution < -0.4 is 5.73 Å². The molecular weight excluding hydrogens is 320 g/mol. The Morgan fingerprint density at radius 2 is 1.91 bits per heavy atom. The van der Waals surface area contributed by atoms with Crippen LogP contribution in [0.25, 0.3) is 0 Å². The number of carbonyl (C=O) groups excluding carboxylic acids is 1. The second kappa shape index (κ2) is 8.85. The average Bonchev–Trinajstić information content (AvgIpc) is 2.49. The van der Waals surface area contributed by atoms with Gasteiger partial charge in [0, 0.05) is 18.7 Å². The number of esters is 1. The number of ether oxygens (including phenoxy) is 1. The number of hydrogen-bond donors (Lipinski definition) is 2. The Morgan fingerprint density at radius 1 is 1.30 bits per heavy atom. The first kappa shape index (κ1) is 19.4. The van der Waals surface area contributed by atoms with Gasteiger partial charge in [0.25, 0.3) is 0 Å². The highest BCUT2D eigenvalue weighted by Crippen LogP contribution is 2.20. The molecule has 1 rings (SSSR count). The summed E-state index contributed by atoms with van der Waals surface area (Å²) in [5.41, 5.74) is 7.33. The summed E-state index contributed by atoms with van der Waals surface area (Å²) in [6.07, 6.45) is 0.742. The molecule has 1 aromatic rings. The van der Waals surface area contributed by atoms with E-state index in [1.54, 1.807) is 19.1 Å². The van der Waals surface area contributed by atoms with Gasteiger partial charge in [-0.15, -0.1) is 0 Å². The van der Waals surface area contributed by atoms with E-state index in [4.69, 9.17) is 10.5 Å². The maximum atomic E-state index is 11.4. The van der Waals surface area contributed by atoms with Gasteiger partial charge in [-0.2, -0.15) is 12.7 Å². The van der Waals surface area contributed by atoms with Gasteiger partial charge in [0.05, 0.1) is 6.54 Å². The minimum atomic E-state index is -4.33. The van der Waals surface area contributed by atoms with Crippen LogP contribution in [0, 0.1) is 0 Å². The van der Waals surface area contributed by atoms with Gasteiger partial charge >= 0.3 is 16.3 Å². The molecule has 23 heavy (non-hydrogen) atoms. The fourth-order valence-electron chi connectivity index (χ4n) is 2.03. The molecule has 0 aromatic heterocycles. The summed E-state index contributed by atoms with van der Waals surface area (Å²) in [5.74, 6) is -0.312. The summed E-state index contributed by atoms with van der Waals surface area (Å²) in [7, 11) is -4.33. The number of nitrogens with two attached hydrogens (primary N) is 1. The van der Waals surface area contributed by atoms with Crippen LogP contribution in [0.5, 0.6) is 0 Å². The maximum Gasteiger partial charge on any atom is 0.336 e. The van der Waals surface area contributed by atoms with E-state index in [0.29, 0.717) is 12.1 Å². The molecule has 0 amide bonds. The first-order valence-corrected chi connectivity index (χ1v) is 8.87. The highest BCUT2D eigenvalue weighted by molar-refractivity contribution is 7.83. The van der Waals surface area contributed by atoms with E-state index >= 15 is 0 Å². The SMILES string of the molecule is CCC(=O)OCCN(CCC(C)c1ccc(N)cc1)S(=O)(=O)O. The fraction of sp³-hybridized carbons (Fsp3) is 0.533. The molecule has 0 bridgehead atoms. The highest BCUT2D eigenvalue weighted by atomic mass is 32.2. The van der Waals surface area contributed by atoms with Gasteiger partial charge in [0.1, 0.15) is 6.61 Å². The summed E-state index contributed by atoms with van der Waals surface area (Å²) < 4.78 is 37.8. The van der Waals surface area contributed by atoms with Crippen LogP contribution in [0.1, 0.15) is 38.2 Å². The third kappa shape index (κ3) is 6.98. The molecule has 0 heterocycles. The van der Waals surface area contributed by atoms with E-state index < -0.39 is 16.3 Å². The Morgan fingerprint density at radius 3 is 2.43 bits per heavy atom. The molecule has 7 nitrogen and oxygen atoms in total. The smallest absolute Gasteiger partial charge is 0.336 e. The number of anilines is 1. The molecule has 8 heteroatoms. The summed E-state index contributed by atoms with van der Waals surface area (Å²) in [5, 5.41) is 0. The first-order valence-electron chi connectivity index (χ1n) is 7.47. The molecule has 0 aliphatic carbocycles. The minimum absolute atomic E-state index is 0.0704. The predicted molar refractivity (Wildman–Crippen MR) is 88.3 cm³/mol. The maximum absolute atomic E-state index is 11.4. The predicted octanol–water partition coefficient (Wildman–Crippen LogP) is 1.82. The molecule has 3 N–H and O–H groups in total. The van der Waals surface area contributed by atoms with Gasteiger partial charge in [0.2, 0.25) is 0 Å². The molecule has 0 saturated carbocycles. The number of carbonyl (C=O) groups is 1. The van der Waals surface area contributed by atoms with E-state index in [1.165, 1.54) is 0 Å². The molecule has 1 aromatic carbocycles. The van der Waals surface area contributed by atoms with Crippen LogP contribution in [0.2, 0.25) is 0 Å². The monoisotopic (exact) mass is 344 g/mol. The molecule has 0 aliphatic heterocycles. The van der Waals surface area contributed by atoms with Crippen molar-refractivity contribution in [2.45, 2.75) is 32.6 Å². The van der Waals surface area contributed by atoms with Crippen LogP contribution in [0.3, 0.4) is 0 Å². The Hall–Kier alpha value is -1.64. The van der Waals surface area contributed by atoms with Crippen molar-refractivity contribution in [1.82, 2.24) is 4.31 Å². The summed E-state index contributed by atoms with van der Waals surface area (Å²) in [6, 6.07) is 7.36. The molecule has 0 fully saturated rings. The van der Waals surface area contributed by atoms with E-state index in [2.05, 4.69) is 0 Å². The Labute approximate surface area is 137 Å². The minimum Gasteiger partial charge on any atom is -0.464 e. The van der Waals surface area contributed by atoms with E-state index in [9.17, 15) is 17.8 Å². The average molecular weight is 344 g/mol. The molecule has 0 aliphatic rings. The molecule has 0 spiro atoms. The lowest BCUT2D eigenvalue weighted by molar-refractivity contribution is -0.143. The molecular formula is C15H24N2O5S. The fourth-order valence-corrected chi connectivity index (χ4v) is 2.68. The van der Waals surface area contributed by atoms with Crippen molar-refractivity contribution in [2.75, 3.05) is 25.4 Å². The topological polar surface area (TPSA) is 110 Å². The van der Waals surface area contributed by atoms with Crippen molar-refractivity contribution in [3.8, 4) is 0 Å². The van der Waals surface area contributed by atoms with Crippen LogP contribution >= 0.6 is 0 Å². The van der Waals surface area contributed by atoms with Crippen molar-refractivity contribution in [1.29, 1.82) is 0 Å². The number of hydrogen-bond acceptors (Lipinski definition) is 5. The van der Waals surface area contributed by atoms with E-state index in [1.807, 2.05) is 19.1 Å². The van der Waals surface area contributed by atoms with Crippen LogP contribution in [0.4, 0.5) is 5.69 Å². The lowest BCUT2D eigenvalue weighted by atomic mass is 9.98. The summed E-state index contributed by atoms with van der Waals surface area (Å²) >= 11 is 0. The van der Waals surface area contributed by atoms with Crippen molar-refractivity contribution >= 4 is 22.0 Å². The quantitative estimate of drug-likeness (QED) is 0.402. The van der Waals surface area contributed by atoms with E-state index in [0.717, 1.165) is 9.87 Å². The Balaban J connectivity index is 2.57. The van der Waals surface area contributed by atoms with Crippen LogP contribution in [0.15, 0.2) is 24.3 Å². The largest absolute Gasteiger partial charge is 0.464 e. The third-order valence-electron chi connectivity index (χ3n) is 3.54. The zero-order valence-corrected chi connectivity index (χ0v) is 14.3. The number of nitrogen functional groups attached to an aromatic ring is 1. The molecule has 1 atom stereocenters. The van der Waals surface area contributed by atoms with Crippen molar-refractivity contribution < 1.29 is 22.5 Å². The highest BCUT2D eigenvalue weighted by Gasteiger charge is 2.20. The summed E-state index contributed by atoms with van der Waals surface area (Å²) in [4.78, 5) is 11.1. The van der Waals surface area contributed by atoms with Gasteiger partial charge in [-0.05, 0) is 30.0 Å². The lowest BCUT2D eigenvalue weighted by Crippen LogP contribution is -2.35. The van der Waals surface area contributed by atoms with Gasteiger partial charge in [-0.3, -0.25) is 9.35 Å². The molecule has 0 saturated heterocycles. The standard InChI is InChI=1S/C15H24N2O5S/c1-3-15(18)22-11-10-17(23(19,20)21)9-8-12(2)13-4-6-14(16)7-5-13/h4-7,12H,3,8-11,16H2,1-2H3,(H,19,20,21). The molecule has 1 unspecified atom stereocenters. The van der Waals surface area contributed by atoms with Crippen molar-refractivity contribution in [2.24, 2.45) is 0 Å². The normalized spacial score (nSPS) is 13.0. The Bertz CT molecular complexity index is 601. The number of nitrogens with zero attached hydrogens (tertiary/aromatic N) is 1. The number of rotatable bonds is 9. The zero-order valence-electron chi connectivity index (χ0n) is 13.4. The molecule has 0 radical (unpaired) electrons. The van der Waals surface area contributed by atoms with E-state index in [-0.39, 0.29) is 32.0 Å². The molecule has 130 valence electrons. The van der Waals surface area contributed by atoms with Crippen LogP contribution in [-0.2, 0) is 19.8 Å².